The lowest BCUT2D eigenvalue weighted by atomic mass is 9.87. The van der Waals surface area contributed by atoms with Crippen LogP contribution < -0.4 is 0 Å². The number of aromatic hydroxyl groups is 2. The summed E-state index contributed by atoms with van der Waals surface area (Å²) in [6.07, 6.45) is 4.93. The molecule has 0 radical (unpaired) electrons. The van der Waals surface area contributed by atoms with Crippen LogP contribution in [0.1, 0.15) is 28.9 Å². The number of ketones is 1. The van der Waals surface area contributed by atoms with Crippen LogP contribution in [-0.2, 0) is 6.42 Å². The zero-order valence-corrected chi connectivity index (χ0v) is 14.3. The Balaban J connectivity index is 2.06. The molecular weight excluding hydrogens is 342 g/mol. The van der Waals surface area contributed by atoms with E-state index in [1.54, 1.807) is 42.7 Å². The van der Waals surface area contributed by atoms with Gasteiger partial charge in [0.1, 0.15) is 17.0 Å². The predicted octanol–water partition coefficient (Wildman–Crippen LogP) is 3.78. The Morgan fingerprint density at radius 1 is 0.852 bits per heavy atom. The highest BCUT2D eigenvalue weighted by Gasteiger charge is 2.29. The van der Waals surface area contributed by atoms with Gasteiger partial charge in [0.15, 0.2) is 11.6 Å². The van der Waals surface area contributed by atoms with Crippen molar-refractivity contribution in [2.45, 2.75) is 19.3 Å². The number of hydrogen-bond acceptors (Lipinski definition) is 6. The van der Waals surface area contributed by atoms with Gasteiger partial charge < -0.3 is 10.2 Å². The first kappa shape index (κ1) is 15.7. The van der Waals surface area contributed by atoms with E-state index >= 15 is 0 Å². The largest absolute Gasteiger partial charge is 0.507 e. The van der Waals surface area contributed by atoms with E-state index in [1.165, 1.54) is 0 Å². The highest BCUT2D eigenvalue weighted by molar-refractivity contribution is 6.18. The van der Waals surface area contributed by atoms with Crippen LogP contribution in [0.5, 0.6) is 11.5 Å². The van der Waals surface area contributed by atoms with Crippen molar-refractivity contribution in [2.24, 2.45) is 0 Å². The molecule has 2 aromatic carbocycles. The Bertz CT molecular complexity index is 1240. The third-order valence-electron chi connectivity index (χ3n) is 5.06. The third-order valence-corrected chi connectivity index (χ3v) is 5.06. The van der Waals surface area contributed by atoms with Crippen LogP contribution in [0.4, 0.5) is 0 Å². The van der Waals surface area contributed by atoms with Gasteiger partial charge in [0.05, 0.1) is 16.6 Å². The van der Waals surface area contributed by atoms with Gasteiger partial charge >= 0.3 is 0 Å². The van der Waals surface area contributed by atoms with Crippen LogP contribution in [0.15, 0.2) is 42.7 Å². The van der Waals surface area contributed by atoms with Crippen molar-refractivity contribution in [3.63, 3.8) is 0 Å². The van der Waals surface area contributed by atoms with Crippen molar-refractivity contribution >= 4 is 27.5 Å². The normalized spacial score (nSPS) is 13.9. The SMILES string of the molecule is O=C1CCCc2nc3c(O)c4ccccc4c(O)c3c(-c3ncccn3)c21. The average molecular weight is 357 g/mol. The number of carbonyl (C=O) groups is 1. The van der Waals surface area contributed by atoms with Crippen LogP contribution in [0.25, 0.3) is 33.1 Å². The van der Waals surface area contributed by atoms with E-state index in [9.17, 15) is 15.0 Å². The van der Waals surface area contributed by atoms with Gasteiger partial charge in [-0.3, -0.25) is 4.79 Å². The highest BCUT2D eigenvalue weighted by atomic mass is 16.3. The molecular formula is C21H15N3O3. The van der Waals surface area contributed by atoms with Gasteiger partial charge in [0.2, 0.25) is 0 Å². The van der Waals surface area contributed by atoms with E-state index in [-0.39, 0.29) is 22.8 Å². The fourth-order valence-corrected chi connectivity index (χ4v) is 3.87. The Morgan fingerprint density at radius 3 is 2.30 bits per heavy atom. The number of phenolic OH excluding ortho intramolecular Hbond substituents is 2. The van der Waals surface area contributed by atoms with Gasteiger partial charge in [-0.1, -0.05) is 24.3 Å². The second-order valence-corrected chi connectivity index (χ2v) is 6.62. The average Bonchev–Trinajstić information content (AvgIpc) is 2.71. The quantitative estimate of drug-likeness (QED) is 0.398. The third kappa shape index (κ3) is 2.19. The minimum atomic E-state index is -0.0415. The summed E-state index contributed by atoms with van der Waals surface area (Å²) in [4.78, 5) is 25.9. The van der Waals surface area contributed by atoms with Gasteiger partial charge in [0, 0.05) is 35.2 Å². The summed E-state index contributed by atoms with van der Waals surface area (Å²) >= 11 is 0. The molecule has 0 bridgehead atoms. The standard InChI is InChI=1S/C21H15N3O3/c25-14-8-3-7-13-15(14)16(21-22-9-4-10-23-21)17-18(24-13)20(27)12-6-2-1-5-11(12)19(17)26/h1-2,4-6,9-10,26-27H,3,7-8H2. The van der Waals surface area contributed by atoms with Gasteiger partial charge in [-0.05, 0) is 18.9 Å². The Kier molecular flexibility index (Phi) is 3.33. The summed E-state index contributed by atoms with van der Waals surface area (Å²) in [6.45, 7) is 0. The first-order valence-corrected chi connectivity index (χ1v) is 8.76. The van der Waals surface area contributed by atoms with E-state index in [4.69, 9.17) is 0 Å². The smallest absolute Gasteiger partial charge is 0.165 e. The molecule has 0 fully saturated rings. The van der Waals surface area contributed by atoms with Crippen molar-refractivity contribution in [3.05, 3.63) is 54.0 Å². The molecule has 1 aliphatic rings. The molecule has 0 amide bonds. The number of Topliss-reactive ketones (excluding diaryl/α,β-unsaturated/α-hetero) is 1. The van der Waals surface area contributed by atoms with Crippen LogP contribution in [-0.4, -0.2) is 30.9 Å². The van der Waals surface area contributed by atoms with E-state index in [0.717, 1.165) is 0 Å². The molecule has 0 saturated carbocycles. The highest BCUT2D eigenvalue weighted by Crippen LogP contribution is 2.46. The number of rotatable bonds is 1. The maximum absolute atomic E-state index is 12.7. The fraction of sp³-hybridized carbons (Fsp3) is 0.143. The lowest BCUT2D eigenvalue weighted by molar-refractivity contribution is 0.0972. The zero-order valence-electron chi connectivity index (χ0n) is 14.3. The van der Waals surface area contributed by atoms with Gasteiger partial charge in [0.25, 0.3) is 0 Å². The lowest BCUT2D eigenvalue weighted by Crippen LogP contribution is -2.15. The van der Waals surface area contributed by atoms with Gasteiger partial charge in [-0.2, -0.15) is 0 Å². The number of hydrogen-bond donors (Lipinski definition) is 2. The number of phenols is 2. The molecule has 0 saturated heterocycles. The molecule has 1 aliphatic carbocycles. The second-order valence-electron chi connectivity index (χ2n) is 6.62. The molecule has 132 valence electrons. The van der Waals surface area contributed by atoms with E-state index in [1.807, 2.05) is 0 Å². The Morgan fingerprint density at radius 2 is 1.56 bits per heavy atom. The van der Waals surface area contributed by atoms with Crippen molar-refractivity contribution in [1.82, 2.24) is 15.0 Å². The van der Waals surface area contributed by atoms with Gasteiger partial charge in [-0.15, -0.1) is 0 Å². The summed E-state index contributed by atoms with van der Waals surface area (Å²) in [6, 6.07) is 8.71. The zero-order chi connectivity index (χ0) is 18.5. The minimum absolute atomic E-state index is 0.0172. The molecule has 0 spiro atoms. The van der Waals surface area contributed by atoms with Crippen molar-refractivity contribution in [2.75, 3.05) is 0 Å². The van der Waals surface area contributed by atoms with Crippen LogP contribution in [0.3, 0.4) is 0 Å². The molecule has 2 N–H and O–H groups in total. The molecule has 6 heteroatoms. The predicted molar refractivity (Wildman–Crippen MR) is 101 cm³/mol. The second kappa shape index (κ2) is 5.74. The molecule has 0 aliphatic heterocycles. The number of aromatic nitrogens is 3. The number of pyridine rings is 1. The summed E-state index contributed by atoms with van der Waals surface area (Å²) in [5.74, 6) is 0.243. The first-order valence-electron chi connectivity index (χ1n) is 8.76. The molecule has 2 aromatic heterocycles. The monoisotopic (exact) mass is 357 g/mol. The maximum Gasteiger partial charge on any atom is 0.165 e. The van der Waals surface area contributed by atoms with E-state index in [2.05, 4.69) is 15.0 Å². The molecule has 5 rings (SSSR count). The number of carbonyl (C=O) groups excluding carboxylic acids is 1. The van der Waals surface area contributed by atoms with Crippen LogP contribution >= 0.6 is 0 Å². The summed E-state index contributed by atoms with van der Waals surface area (Å²) in [5.41, 5.74) is 1.78. The molecule has 6 nitrogen and oxygen atoms in total. The van der Waals surface area contributed by atoms with Gasteiger partial charge in [-0.25, -0.2) is 15.0 Å². The number of benzene rings is 2. The lowest BCUT2D eigenvalue weighted by Gasteiger charge is -2.20. The molecule has 27 heavy (non-hydrogen) atoms. The van der Waals surface area contributed by atoms with Crippen LogP contribution in [0, 0.1) is 0 Å². The summed E-state index contributed by atoms with van der Waals surface area (Å²) in [7, 11) is 0. The van der Waals surface area contributed by atoms with Crippen molar-refractivity contribution in [1.29, 1.82) is 0 Å². The van der Waals surface area contributed by atoms with E-state index in [0.29, 0.717) is 58.1 Å². The van der Waals surface area contributed by atoms with Crippen molar-refractivity contribution < 1.29 is 15.0 Å². The molecule has 4 aromatic rings. The number of nitrogens with zero attached hydrogens (tertiary/aromatic N) is 3. The number of fused-ring (bicyclic) bond motifs is 3. The van der Waals surface area contributed by atoms with E-state index < -0.39 is 0 Å². The van der Waals surface area contributed by atoms with Crippen LogP contribution in [0.2, 0.25) is 0 Å². The molecule has 0 atom stereocenters. The maximum atomic E-state index is 12.7. The first-order chi connectivity index (χ1) is 13.2. The fourth-order valence-electron chi connectivity index (χ4n) is 3.87. The number of aryl methyl sites for hydroxylation is 1. The summed E-state index contributed by atoms with van der Waals surface area (Å²) < 4.78 is 0. The Labute approximate surface area is 154 Å². The molecule has 2 heterocycles. The van der Waals surface area contributed by atoms with Crippen molar-refractivity contribution in [3.8, 4) is 22.9 Å². The minimum Gasteiger partial charge on any atom is -0.507 e. The Hall–Kier alpha value is -3.54. The molecule has 0 unspecified atom stereocenters. The summed E-state index contributed by atoms with van der Waals surface area (Å²) in [5, 5.41) is 23.2. The topological polar surface area (TPSA) is 96.2 Å².